The summed E-state index contributed by atoms with van der Waals surface area (Å²) in [6, 6.07) is 14.3. The Balaban J connectivity index is 1.61. The second-order valence-corrected chi connectivity index (χ2v) is 7.38. The van der Waals surface area contributed by atoms with Gasteiger partial charge in [0.05, 0.1) is 4.91 Å². The Morgan fingerprint density at radius 2 is 1.96 bits per heavy atom. The van der Waals surface area contributed by atoms with E-state index < -0.39 is 0 Å². The minimum atomic E-state index is -0.380. The number of carbonyl (C=O) groups is 3. The number of carbonyl (C=O) groups excluding carboxylic acids is 3. The van der Waals surface area contributed by atoms with Crippen LogP contribution in [-0.2, 0) is 4.79 Å². The van der Waals surface area contributed by atoms with Gasteiger partial charge in [0, 0.05) is 23.7 Å². The molecule has 5 nitrogen and oxygen atoms in total. The largest absolute Gasteiger partial charge is 0.350 e. The van der Waals surface area contributed by atoms with E-state index >= 15 is 0 Å². The fourth-order valence-electron chi connectivity index (χ4n) is 2.60. The van der Waals surface area contributed by atoms with Crippen molar-refractivity contribution in [2.24, 2.45) is 0 Å². The highest BCUT2D eigenvalue weighted by molar-refractivity contribution is 8.18. The Kier molecular flexibility index (Phi) is 5.98. The molecule has 0 spiro atoms. The molecule has 2 aromatic carbocycles. The molecule has 3 amide bonds. The number of nitrogens with one attached hydrogen (secondary N) is 1. The summed E-state index contributed by atoms with van der Waals surface area (Å²) in [7, 11) is 0. The summed E-state index contributed by atoms with van der Waals surface area (Å²) in [5.41, 5.74) is 2.21. The van der Waals surface area contributed by atoms with Gasteiger partial charge in [0.1, 0.15) is 0 Å². The van der Waals surface area contributed by atoms with Crippen LogP contribution in [0.3, 0.4) is 0 Å². The van der Waals surface area contributed by atoms with Gasteiger partial charge in [-0.05, 0) is 48.5 Å². The molecule has 1 heterocycles. The summed E-state index contributed by atoms with van der Waals surface area (Å²) in [5.74, 6) is -0.619. The third-order valence-electron chi connectivity index (χ3n) is 3.97. The van der Waals surface area contributed by atoms with Crippen molar-refractivity contribution in [1.82, 2.24) is 10.2 Å². The van der Waals surface area contributed by atoms with Gasteiger partial charge in [0.15, 0.2) is 0 Å². The predicted molar refractivity (Wildman–Crippen MR) is 108 cm³/mol. The van der Waals surface area contributed by atoms with Crippen molar-refractivity contribution in [1.29, 1.82) is 0 Å². The highest BCUT2D eigenvalue weighted by Crippen LogP contribution is 2.33. The van der Waals surface area contributed by atoms with E-state index in [0.29, 0.717) is 21.1 Å². The second kappa shape index (κ2) is 8.41. The van der Waals surface area contributed by atoms with E-state index in [-0.39, 0.29) is 30.1 Å². The van der Waals surface area contributed by atoms with E-state index in [0.717, 1.165) is 22.2 Å². The lowest BCUT2D eigenvalue weighted by atomic mass is 10.1. The zero-order chi connectivity index (χ0) is 19.4. The van der Waals surface area contributed by atoms with Crippen LogP contribution in [0.2, 0.25) is 5.02 Å². The molecule has 2 aromatic rings. The first kappa shape index (κ1) is 19.2. The van der Waals surface area contributed by atoms with Gasteiger partial charge in [-0.15, -0.1) is 0 Å². The molecule has 27 heavy (non-hydrogen) atoms. The molecule has 0 saturated carbocycles. The molecule has 7 heteroatoms. The van der Waals surface area contributed by atoms with Crippen molar-refractivity contribution in [3.05, 3.63) is 75.1 Å². The number of nitrogens with zero attached hydrogens (tertiary/aromatic N) is 1. The summed E-state index contributed by atoms with van der Waals surface area (Å²) in [5, 5.41) is 2.88. The summed E-state index contributed by atoms with van der Waals surface area (Å²) in [4.78, 5) is 38.2. The maximum Gasteiger partial charge on any atom is 0.293 e. The van der Waals surface area contributed by atoms with Gasteiger partial charge in [-0.25, -0.2) is 0 Å². The van der Waals surface area contributed by atoms with Crippen molar-refractivity contribution < 1.29 is 14.4 Å². The van der Waals surface area contributed by atoms with E-state index in [2.05, 4.69) is 5.32 Å². The van der Waals surface area contributed by atoms with Gasteiger partial charge in [0.25, 0.3) is 17.1 Å². The molecule has 0 radical (unpaired) electrons. The Morgan fingerprint density at radius 3 is 2.70 bits per heavy atom. The molecule has 0 unspecified atom stereocenters. The Bertz CT molecular complexity index is 942. The third-order valence-corrected chi connectivity index (χ3v) is 5.22. The molecule has 1 fully saturated rings. The topological polar surface area (TPSA) is 66.5 Å². The predicted octanol–water partition coefficient (Wildman–Crippen LogP) is 4.11. The first-order valence-corrected chi connectivity index (χ1v) is 9.50. The van der Waals surface area contributed by atoms with Crippen LogP contribution in [0.1, 0.15) is 21.5 Å². The van der Waals surface area contributed by atoms with Gasteiger partial charge in [0.2, 0.25) is 0 Å². The van der Waals surface area contributed by atoms with E-state index in [1.54, 1.807) is 42.5 Å². The molecule has 0 aliphatic carbocycles. The number of thioether (sulfide) groups is 1. The Labute approximate surface area is 166 Å². The standard InChI is InChI=1S/C20H17ClN2O3S/c1-13-5-4-7-15(11-13)18(24)22-9-10-23-19(25)17(27-20(23)26)12-14-6-2-3-8-16(14)21/h2-8,11-12H,9-10H2,1H3,(H,22,24)/b17-12-. The van der Waals surface area contributed by atoms with Gasteiger partial charge in [-0.3, -0.25) is 19.3 Å². The van der Waals surface area contributed by atoms with Crippen LogP contribution in [0, 0.1) is 6.92 Å². The van der Waals surface area contributed by atoms with E-state index in [9.17, 15) is 14.4 Å². The molecule has 0 atom stereocenters. The van der Waals surface area contributed by atoms with E-state index in [1.165, 1.54) is 0 Å². The number of amides is 3. The van der Waals surface area contributed by atoms with Crippen LogP contribution < -0.4 is 5.32 Å². The minimum Gasteiger partial charge on any atom is -0.350 e. The lowest BCUT2D eigenvalue weighted by Gasteiger charge is -2.13. The SMILES string of the molecule is Cc1cccc(C(=O)NCCN2C(=O)S/C(=C\c3ccccc3Cl)C2=O)c1. The average Bonchev–Trinajstić information content (AvgIpc) is 2.91. The lowest BCUT2D eigenvalue weighted by Crippen LogP contribution is -2.37. The van der Waals surface area contributed by atoms with Crippen molar-refractivity contribution >= 4 is 46.5 Å². The summed E-state index contributed by atoms with van der Waals surface area (Å²) in [6.07, 6.45) is 1.61. The molecular weight excluding hydrogens is 384 g/mol. The van der Waals surface area contributed by atoms with Gasteiger partial charge in [-0.2, -0.15) is 0 Å². The van der Waals surface area contributed by atoms with Gasteiger partial charge in [-0.1, -0.05) is 47.5 Å². The molecule has 1 saturated heterocycles. The zero-order valence-corrected chi connectivity index (χ0v) is 16.1. The normalized spacial score (nSPS) is 15.5. The van der Waals surface area contributed by atoms with Crippen LogP contribution >= 0.6 is 23.4 Å². The molecule has 1 N–H and O–H groups in total. The maximum absolute atomic E-state index is 12.5. The van der Waals surface area contributed by atoms with Gasteiger partial charge >= 0.3 is 0 Å². The first-order valence-electron chi connectivity index (χ1n) is 8.30. The molecule has 1 aliphatic rings. The summed E-state index contributed by atoms with van der Waals surface area (Å²) < 4.78 is 0. The lowest BCUT2D eigenvalue weighted by molar-refractivity contribution is -0.122. The third kappa shape index (κ3) is 4.59. The van der Waals surface area contributed by atoms with Crippen LogP contribution in [0.5, 0.6) is 0 Å². The van der Waals surface area contributed by atoms with Crippen LogP contribution in [-0.4, -0.2) is 35.0 Å². The zero-order valence-electron chi connectivity index (χ0n) is 14.6. The quantitative estimate of drug-likeness (QED) is 0.767. The fourth-order valence-corrected chi connectivity index (χ4v) is 3.64. The first-order chi connectivity index (χ1) is 13.0. The van der Waals surface area contributed by atoms with Crippen molar-refractivity contribution in [2.45, 2.75) is 6.92 Å². The van der Waals surface area contributed by atoms with Crippen molar-refractivity contribution in [3.63, 3.8) is 0 Å². The number of rotatable bonds is 5. The molecule has 0 aromatic heterocycles. The molecule has 3 rings (SSSR count). The van der Waals surface area contributed by atoms with E-state index in [4.69, 9.17) is 11.6 Å². The Hall–Kier alpha value is -2.57. The number of halogens is 1. The van der Waals surface area contributed by atoms with Crippen LogP contribution in [0.4, 0.5) is 4.79 Å². The number of benzene rings is 2. The summed E-state index contributed by atoms with van der Waals surface area (Å²) >= 11 is 6.97. The average molecular weight is 401 g/mol. The highest BCUT2D eigenvalue weighted by Gasteiger charge is 2.34. The highest BCUT2D eigenvalue weighted by atomic mass is 35.5. The van der Waals surface area contributed by atoms with E-state index in [1.807, 2.05) is 19.1 Å². The van der Waals surface area contributed by atoms with Gasteiger partial charge < -0.3 is 5.32 Å². The minimum absolute atomic E-state index is 0.113. The Morgan fingerprint density at radius 1 is 1.19 bits per heavy atom. The maximum atomic E-state index is 12.5. The number of aryl methyl sites for hydroxylation is 1. The smallest absolute Gasteiger partial charge is 0.293 e. The number of hydrogen-bond acceptors (Lipinski definition) is 4. The monoisotopic (exact) mass is 400 g/mol. The fraction of sp³-hybridized carbons (Fsp3) is 0.150. The van der Waals surface area contributed by atoms with Crippen molar-refractivity contribution in [3.8, 4) is 0 Å². The molecule has 138 valence electrons. The number of imide groups is 1. The second-order valence-electron chi connectivity index (χ2n) is 5.98. The van der Waals surface area contributed by atoms with Crippen molar-refractivity contribution in [2.75, 3.05) is 13.1 Å². The number of hydrogen-bond donors (Lipinski definition) is 1. The van der Waals surface area contributed by atoms with Crippen LogP contribution in [0.15, 0.2) is 53.4 Å². The summed E-state index contributed by atoms with van der Waals surface area (Å²) in [6.45, 7) is 2.20. The van der Waals surface area contributed by atoms with Crippen LogP contribution in [0.25, 0.3) is 6.08 Å². The molecular formula is C20H17ClN2O3S. The molecule has 1 aliphatic heterocycles. The molecule has 0 bridgehead atoms.